The fourth-order valence-corrected chi connectivity index (χ4v) is 4.74. The average molecular weight is 494 g/mol. The number of rotatable bonds is 9. The molecule has 2 amide bonds. The van der Waals surface area contributed by atoms with Crippen LogP contribution in [0.4, 0.5) is 4.39 Å². The van der Waals surface area contributed by atoms with Crippen molar-refractivity contribution in [3.63, 3.8) is 0 Å². The van der Waals surface area contributed by atoms with Gasteiger partial charge in [-0.1, -0.05) is 19.6 Å². The fraction of sp³-hybridized carbons (Fsp3) is 0.240. The van der Waals surface area contributed by atoms with Crippen LogP contribution in [0.25, 0.3) is 33.5 Å². The van der Waals surface area contributed by atoms with Gasteiger partial charge in [0.25, 0.3) is 11.8 Å². The van der Waals surface area contributed by atoms with Gasteiger partial charge in [-0.2, -0.15) is 0 Å². The van der Waals surface area contributed by atoms with E-state index in [-0.39, 0.29) is 17.9 Å². The van der Waals surface area contributed by atoms with Gasteiger partial charge >= 0.3 is 0 Å². The third kappa shape index (κ3) is 5.03. The SMILES string of the molecule is C[Si](C)(C)CCOCn1c(-c2ccnc3[nH]ccc23)cc(C(N)=O)c1-c1ccc(F)c(C(N)=O)c1. The largest absolute Gasteiger partial charge is 0.366 e. The normalized spacial score (nSPS) is 11.8. The van der Waals surface area contributed by atoms with Crippen LogP contribution in [0.1, 0.15) is 20.7 Å². The molecule has 0 spiro atoms. The van der Waals surface area contributed by atoms with Gasteiger partial charge in [0, 0.05) is 43.6 Å². The predicted octanol–water partition coefficient (Wildman–Crippen LogP) is 4.35. The number of aromatic amines is 1. The molecule has 8 nitrogen and oxygen atoms in total. The van der Waals surface area contributed by atoms with Crippen molar-refractivity contribution in [2.24, 2.45) is 11.5 Å². The molecule has 182 valence electrons. The van der Waals surface area contributed by atoms with Crippen LogP contribution in [0.2, 0.25) is 25.7 Å². The maximum atomic E-state index is 14.2. The second-order valence-electron chi connectivity index (χ2n) is 9.59. The molecular weight excluding hydrogens is 465 g/mol. The number of nitrogens with two attached hydrogens (primary N) is 2. The van der Waals surface area contributed by atoms with Crippen molar-refractivity contribution < 1.29 is 18.7 Å². The molecular formula is C25H28FN5O3Si. The minimum Gasteiger partial charge on any atom is -0.366 e. The lowest BCUT2D eigenvalue weighted by atomic mass is 10.0. The highest BCUT2D eigenvalue weighted by Crippen LogP contribution is 2.36. The highest BCUT2D eigenvalue weighted by molar-refractivity contribution is 6.76. The molecule has 0 unspecified atom stereocenters. The molecule has 1 aromatic carbocycles. The molecule has 0 atom stereocenters. The number of hydrogen-bond donors (Lipinski definition) is 3. The second kappa shape index (κ2) is 9.47. The number of carbonyl (C=O) groups excluding carboxylic acids is 2. The Bertz CT molecular complexity index is 1420. The van der Waals surface area contributed by atoms with Crippen LogP contribution in [-0.4, -0.2) is 41.0 Å². The van der Waals surface area contributed by atoms with Crippen LogP contribution in [0, 0.1) is 5.82 Å². The number of ether oxygens (including phenoxy) is 1. The summed E-state index contributed by atoms with van der Waals surface area (Å²) >= 11 is 0. The van der Waals surface area contributed by atoms with Crippen molar-refractivity contribution in [1.82, 2.24) is 14.5 Å². The summed E-state index contributed by atoms with van der Waals surface area (Å²) in [6, 6.07) is 10.4. The van der Waals surface area contributed by atoms with Gasteiger partial charge in [-0.3, -0.25) is 9.59 Å². The third-order valence-electron chi connectivity index (χ3n) is 5.82. The Labute approximate surface area is 203 Å². The number of halogens is 1. The van der Waals surface area contributed by atoms with Crippen LogP contribution >= 0.6 is 0 Å². The Balaban J connectivity index is 1.92. The molecule has 0 saturated carbocycles. The average Bonchev–Trinajstić information content (AvgIpc) is 3.41. The predicted molar refractivity (Wildman–Crippen MR) is 136 cm³/mol. The molecule has 0 aliphatic carbocycles. The number of aromatic nitrogens is 3. The lowest BCUT2D eigenvalue weighted by molar-refractivity contribution is 0.0893. The van der Waals surface area contributed by atoms with Crippen molar-refractivity contribution in [1.29, 1.82) is 0 Å². The van der Waals surface area contributed by atoms with Crippen LogP contribution < -0.4 is 11.5 Å². The van der Waals surface area contributed by atoms with E-state index in [1.807, 2.05) is 16.7 Å². The second-order valence-corrected chi connectivity index (χ2v) is 15.2. The molecule has 0 radical (unpaired) electrons. The highest BCUT2D eigenvalue weighted by atomic mass is 28.3. The summed E-state index contributed by atoms with van der Waals surface area (Å²) in [4.78, 5) is 31.8. The molecule has 3 aromatic heterocycles. The maximum absolute atomic E-state index is 14.2. The summed E-state index contributed by atoms with van der Waals surface area (Å²) in [6.07, 6.45) is 3.46. The Hall–Kier alpha value is -3.76. The summed E-state index contributed by atoms with van der Waals surface area (Å²) in [5.74, 6) is -2.31. The first-order chi connectivity index (χ1) is 16.6. The van der Waals surface area contributed by atoms with Crippen LogP contribution in [0.15, 0.2) is 48.8 Å². The summed E-state index contributed by atoms with van der Waals surface area (Å²) in [5.41, 5.74) is 14.1. The van der Waals surface area contributed by atoms with Gasteiger partial charge in [-0.25, -0.2) is 9.37 Å². The van der Waals surface area contributed by atoms with E-state index < -0.39 is 25.7 Å². The number of benzene rings is 1. The van der Waals surface area contributed by atoms with E-state index in [1.54, 1.807) is 18.5 Å². The zero-order chi connectivity index (χ0) is 25.3. The topological polar surface area (TPSA) is 129 Å². The molecule has 35 heavy (non-hydrogen) atoms. The first kappa shape index (κ1) is 24.4. The Morgan fingerprint density at radius 1 is 1.09 bits per heavy atom. The molecule has 0 fully saturated rings. The molecule has 0 aliphatic heterocycles. The van der Waals surface area contributed by atoms with Crippen molar-refractivity contribution >= 4 is 30.9 Å². The molecule has 0 aliphatic rings. The Kier molecular flexibility index (Phi) is 6.59. The molecule has 4 rings (SSSR count). The molecule has 10 heteroatoms. The van der Waals surface area contributed by atoms with E-state index in [1.165, 1.54) is 12.1 Å². The van der Waals surface area contributed by atoms with E-state index in [2.05, 4.69) is 29.6 Å². The summed E-state index contributed by atoms with van der Waals surface area (Å²) < 4.78 is 22.1. The minimum absolute atomic E-state index is 0.125. The summed E-state index contributed by atoms with van der Waals surface area (Å²) in [7, 11) is -1.33. The number of primary amides is 2. The smallest absolute Gasteiger partial charge is 0.251 e. The number of nitrogens with one attached hydrogen (secondary N) is 1. The van der Waals surface area contributed by atoms with Gasteiger partial charge in [0.05, 0.1) is 22.5 Å². The quantitative estimate of drug-likeness (QED) is 0.236. The van der Waals surface area contributed by atoms with E-state index in [0.717, 1.165) is 23.1 Å². The van der Waals surface area contributed by atoms with Crippen LogP contribution in [-0.2, 0) is 11.5 Å². The standard InChI is InChI=1S/C25H28FN5O3Si/c1-35(2,3)11-10-34-14-31-21(16-6-8-29-25-17(16)7-9-30-25)13-19(24(28)33)22(31)15-4-5-20(26)18(12-15)23(27)32/h4-9,12-13H,10-11,14H2,1-3H3,(H2,27,32)(H2,28,33)(H,29,30). The number of amides is 2. The van der Waals surface area contributed by atoms with E-state index in [9.17, 15) is 14.0 Å². The summed E-state index contributed by atoms with van der Waals surface area (Å²) in [5, 5.41) is 0.854. The lowest BCUT2D eigenvalue weighted by Crippen LogP contribution is -2.22. The first-order valence-corrected chi connectivity index (χ1v) is 14.9. The summed E-state index contributed by atoms with van der Waals surface area (Å²) in [6.45, 7) is 7.46. The zero-order valence-corrected chi connectivity index (χ0v) is 20.9. The van der Waals surface area contributed by atoms with Crippen molar-refractivity contribution in [3.05, 3.63) is 65.7 Å². The first-order valence-electron chi connectivity index (χ1n) is 11.2. The minimum atomic E-state index is -1.33. The van der Waals surface area contributed by atoms with Gasteiger partial charge in [0.15, 0.2) is 0 Å². The molecule has 4 aromatic rings. The lowest BCUT2D eigenvalue weighted by Gasteiger charge is -2.18. The zero-order valence-electron chi connectivity index (χ0n) is 19.9. The van der Waals surface area contributed by atoms with E-state index in [4.69, 9.17) is 16.2 Å². The number of H-pyrrole nitrogens is 1. The Morgan fingerprint density at radius 3 is 2.51 bits per heavy atom. The van der Waals surface area contributed by atoms with Gasteiger partial charge < -0.3 is 25.8 Å². The van der Waals surface area contributed by atoms with Crippen molar-refractivity contribution in [2.75, 3.05) is 6.61 Å². The number of hydrogen-bond acceptors (Lipinski definition) is 4. The Morgan fingerprint density at radius 2 is 1.83 bits per heavy atom. The van der Waals surface area contributed by atoms with Gasteiger partial charge in [-0.05, 0) is 42.4 Å². The molecule has 0 bridgehead atoms. The molecule has 0 saturated heterocycles. The van der Waals surface area contributed by atoms with Crippen molar-refractivity contribution in [3.8, 4) is 22.5 Å². The van der Waals surface area contributed by atoms with E-state index >= 15 is 0 Å². The van der Waals surface area contributed by atoms with Crippen LogP contribution in [0.5, 0.6) is 0 Å². The number of fused-ring (bicyclic) bond motifs is 1. The van der Waals surface area contributed by atoms with Crippen LogP contribution in [0.3, 0.4) is 0 Å². The van der Waals surface area contributed by atoms with Gasteiger partial charge in [0.2, 0.25) is 0 Å². The number of carbonyl (C=O) groups is 2. The van der Waals surface area contributed by atoms with Gasteiger partial charge in [-0.15, -0.1) is 0 Å². The number of nitrogens with zero attached hydrogens (tertiary/aromatic N) is 2. The highest BCUT2D eigenvalue weighted by Gasteiger charge is 2.24. The van der Waals surface area contributed by atoms with Gasteiger partial charge in [0.1, 0.15) is 18.2 Å². The van der Waals surface area contributed by atoms with Crippen molar-refractivity contribution in [2.45, 2.75) is 32.4 Å². The maximum Gasteiger partial charge on any atom is 0.251 e. The van der Waals surface area contributed by atoms with E-state index in [0.29, 0.717) is 29.2 Å². The molecule has 3 heterocycles. The monoisotopic (exact) mass is 493 g/mol. The molecule has 5 N–H and O–H groups in total. The fourth-order valence-electron chi connectivity index (χ4n) is 3.99. The number of pyridine rings is 1. The third-order valence-corrected chi connectivity index (χ3v) is 7.52.